The number of aryl methyl sites for hydroxylation is 1. The quantitative estimate of drug-likeness (QED) is 0.688. The van der Waals surface area contributed by atoms with Crippen LogP contribution in [0.1, 0.15) is 37.8 Å². The normalized spacial score (nSPS) is 11.9. The first-order valence-corrected chi connectivity index (χ1v) is 6.53. The summed E-state index contributed by atoms with van der Waals surface area (Å²) < 4.78 is 0. The fourth-order valence-electron chi connectivity index (χ4n) is 1.81. The van der Waals surface area contributed by atoms with E-state index >= 15 is 0 Å². The van der Waals surface area contributed by atoms with E-state index in [2.05, 4.69) is 20.5 Å². The Morgan fingerprint density at radius 2 is 2.20 bits per heavy atom. The van der Waals surface area contributed by atoms with Gasteiger partial charge in [-0.15, -0.1) is 0 Å². The van der Waals surface area contributed by atoms with Crippen molar-refractivity contribution in [3.63, 3.8) is 0 Å². The smallest absolute Gasteiger partial charge is 0.317 e. The van der Waals surface area contributed by atoms with Gasteiger partial charge in [0.2, 0.25) is 0 Å². The van der Waals surface area contributed by atoms with Gasteiger partial charge in [0.15, 0.2) is 5.82 Å². The summed E-state index contributed by atoms with van der Waals surface area (Å²) in [5.41, 5.74) is 0. The topological polar surface area (TPSA) is 111 Å². The summed E-state index contributed by atoms with van der Waals surface area (Å²) in [5.74, 6) is 0.282. The molecule has 112 valence electrons. The molecule has 1 atom stereocenters. The van der Waals surface area contributed by atoms with Crippen molar-refractivity contribution in [1.82, 2.24) is 25.4 Å². The molecule has 0 saturated heterocycles. The Morgan fingerprint density at radius 3 is 2.70 bits per heavy atom. The molecule has 1 aromatic rings. The van der Waals surface area contributed by atoms with Crippen molar-refractivity contribution < 1.29 is 14.7 Å². The van der Waals surface area contributed by atoms with E-state index in [4.69, 9.17) is 5.11 Å². The second-order valence-electron chi connectivity index (χ2n) is 4.73. The average Bonchev–Trinajstić information content (AvgIpc) is 2.74. The molecule has 0 aromatic carbocycles. The minimum atomic E-state index is -0.920. The van der Waals surface area contributed by atoms with E-state index in [1.165, 1.54) is 4.90 Å². The predicted octanol–water partition coefficient (Wildman–Crippen LogP) is 0.898. The van der Waals surface area contributed by atoms with Crippen LogP contribution in [0.4, 0.5) is 4.79 Å². The van der Waals surface area contributed by atoms with Crippen LogP contribution in [0.15, 0.2) is 0 Å². The minimum Gasteiger partial charge on any atom is -0.481 e. The van der Waals surface area contributed by atoms with Gasteiger partial charge in [-0.1, -0.05) is 13.3 Å². The highest BCUT2D eigenvalue weighted by Gasteiger charge is 2.18. The van der Waals surface area contributed by atoms with Crippen LogP contribution in [0.5, 0.6) is 0 Å². The standard InChI is InChI=1S/C12H21N5O3/c1-4-5-9(6-11(18)19)14-12(20)17(3)7-10-13-8(2)15-16-10/h9H,4-7H2,1-3H3,(H,14,20)(H,18,19)(H,13,15,16). The molecule has 0 spiro atoms. The molecule has 2 amide bonds. The Balaban J connectivity index is 2.52. The maximum Gasteiger partial charge on any atom is 0.317 e. The Kier molecular flexibility index (Phi) is 5.95. The lowest BCUT2D eigenvalue weighted by molar-refractivity contribution is -0.137. The zero-order valence-corrected chi connectivity index (χ0v) is 12.0. The van der Waals surface area contributed by atoms with Crippen molar-refractivity contribution >= 4 is 12.0 Å². The number of urea groups is 1. The monoisotopic (exact) mass is 283 g/mol. The minimum absolute atomic E-state index is 0.0762. The van der Waals surface area contributed by atoms with Gasteiger partial charge in [0.1, 0.15) is 5.82 Å². The number of carboxylic acids is 1. The third-order valence-electron chi connectivity index (χ3n) is 2.75. The van der Waals surface area contributed by atoms with Crippen molar-refractivity contribution in [3.05, 3.63) is 11.6 Å². The molecule has 0 fully saturated rings. The van der Waals surface area contributed by atoms with Crippen molar-refractivity contribution in [2.75, 3.05) is 7.05 Å². The van der Waals surface area contributed by atoms with Crippen LogP contribution in [-0.2, 0) is 11.3 Å². The van der Waals surface area contributed by atoms with E-state index in [1.807, 2.05) is 6.92 Å². The van der Waals surface area contributed by atoms with E-state index < -0.39 is 5.97 Å². The van der Waals surface area contributed by atoms with Gasteiger partial charge in [-0.3, -0.25) is 9.89 Å². The average molecular weight is 283 g/mol. The Bertz CT molecular complexity index is 460. The summed E-state index contributed by atoms with van der Waals surface area (Å²) in [4.78, 5) is 28.3. The number of aromatic amines is 1. The molecule has 0 aliphatic rings. The molecule has 0 bridgehead atoms. The highest BCUT2D eigenvalue weighted by molar-refractivity contribution is 5.75. The molecule has 0 aliphatic carbocycles. The number of carboxylic acid groups (broad SMARTS) is 1. The van der Waals surface area contributed by atoms with Gasteiger partial charge in [-0.05, 0) is 13.3 Å². The van der Waals surface area contributed by atoms with Crippen LogP contribution in [0, 0.1) is 6.92 Å². The van der Waals surface area contributed by atoms with Gasteiger partial charge in [0, 0.05) is 13.1 Å². The number of carbonyl (C=O) groups is 2. The number of hydrogen-bond acceptors (Lipinski definition) is 4. The van der Waals surface area contributed by atoms with Crippen LogP contribution in [0.2, 0.25) is 0 Å². The molecular formula is C12H21N5O3. The molecule has 1 rings (SSSR count). The molecule has 1 unspecified atom stereocenters. The fourth-order valence-corrected chi connectivity index (χ4v) is 1.81. The lowest BCUT2D eigenvalue weighted by Gasteiger charge is -2.21. The molecule has 0 aliphatic heterocycles. The maximum atomic E-state index is 12.0. The Labute approximate surface area is 117 Å². The summed E-state index contributed by atoms with van der Waals surface area (Å²) in [7, 11) is 1.62. The van der Waals surface area contributed by atoms with Gasteiger partial charge in [-0.2, -0.15) is 5.10 Å². The molecule has 1 heterocycles. The summed E-state index contributed by atoms with van der Waals surface area (Å²) in [6, 6.07) is -0.687. The van der Waals surface area contributed by atoms with E-state index in [0.29, 0.717) is 18.1 Å². The SMILES string of the molecule is CCCC(CC(=O)O)NC(=O)N(C)Cc1n[nH]c(C)n1. The third-order valence-corrected chi connectivity index (χ3v) is 2.75. The number of aliphatic carboxylic acids is 1. The first-order chi connectivity index (χ1) is 9.42. The van der Waals surface area contributed by atoms with E-state index in [-0.39, 0.29) is 25.0 Å². The number of nitrogens with zero attached hydrogens (tertiary/aromatic N) is 3. The van der Waals surface area contributed by atoms with E-state index in [9.17, 15) is 9.59 Å². The molecule has 20 heavy (non-hydrogen) atoms. The second-order valence-corrected chi connectivity index (χ2v) is 4.73. The first kappa shape index (κ1) is 15.9. The van der Waals surface area contributed by atoms with Gasteiger partial charge in [-0.25, -0.2) is 9.78 Å². The van der Waals surface area contributed by atoms with Crippen LogP contribution in [0.25, 0.3) is 0 Å². The lowest BCUT2D eigenvalue weighted by atomic mass is 10.1. The fraction of sp³-hybridized carbons (Fsp3) is 0.667. The summed E-state index contributed by atoms with van der Waals surface area (Å²) in [6.45, 7) is 3.99. The number of carbonyl (C=O) groups excluding carboxylic acids is 1. The van der Waals surface area contributed by atoms with Crippen LogP contribution >= 0.6 is 0 Å². The molecule has 1 aromatic heterocycles. The zero-order valence-electron chi connectivity index (χ0n) is 12.0. The predicted molar refractivity (Wildman–Crippen MR) is 72.1 cm³/mol. The van der Waals surface area contributed by atoms with Gasteiger partial charge < -0.3 is 15.3 Å². The first-order valence-electron chi connectivity index (χ1n) is 6.53. The number of nitrogens with one attached hydrogen (secondary N) is 2. The number of rotatable bonds is 7. The molecule has 0 radical (unpaired) electrons. The number of H-pyrrole nitrogens is 1. The highest BCUT2D eigenvalue weighted by Crippen LogP contribution is 2.04. The molecular weight excluding hydrogens is 262 g/mol. The molecule has 3 N–H and O–H groups in total. The maximum absolute atomic E-state index is 12.0. The largest absolute Gasteiger partial charge is 0.481 e. The number of hydrogen-bond donors (Lipinski definition) is 3. The third kappa shape index (κ3) is 5.25. The lowest BCUT2D eigenvalue weighted by Crippen LogP contribution is -2.43. The number of amides is 2. The van der Waals surface area contributed by atoms with E-state index in [1.54, 1.807) is 14.0 Å². The Hall–Kier alpha value is -2.12. The Morgan fingerprint density at radius 1 is 1.50 bits per heavy atom. The van der Waals surface area contributed by atoms with Gasteiger partial charge in [0.05, 0.1) is 13.0 Å². The van der Waals surface area contributed by atoms with Gasteiger partial charge in [0.25, 0.3) is 0 Å². The van der Waals surface area contributed by atoms with Crippen LogP contribution < -0.4 is 5.32 Å². The van der Waals surface area contributed by atoms with Crippen LogP contribution in [0.3, 0.4) is 0 Å². The summed E-state index contributed by atoms with van der Waals surface area (Å²) in [6.07, 6.45) is 1.36. The molecule has 0 saturated carbocycles. The van der Waals surface area contributed by atoms with Crippen molar-refractivity contribution in [1.29, 1.82) is 0 Å². The van der Waals surface area contributed by atoms with Crippen LogP contribution in [-0.4, -0.2) is 50.3 Å². The molecule has 8 nitrogen and oxygen atoms in total. The zero-order chi connectivity index (χ0) is 15.1. The van der Waals surface area contributed by atoms with Gasteiger partial charge >= 0.3 is 12.0 Å². The molecule has 8 heteroatoms. The second kappa shape index (κ2) is 7.46. The summed E-state index contributed by atoms with van der Waals surface area (Å²) >= 11 is 0. The number of aromatic nitrogens is 3. The van der Waals surface area contributed by atoms with Crippen molar-refractivity contribution in [2.24, 2.45) is 0 Å². The van der Waals surface area contributed by atoms with E-state index in [0.717, 1.165) is 6.42 Å². The highest BCUT2D eigenvalue weighted by atomic mass is 16.4. The summed E-state index contributed by atoms with van der Waals surface area (Å²) in [5, 5.41) is 18.2. The van der Waals surface area contributed by atoms with Crippen molar-refractivity contribution in [3.8, 4) is 0 Å². The van der Waals surface area contributed by atoms with Crippen molar-refractivity contribution in [2.45, 2.75) is 45.7 Å².